The summed E-state index contributed by atoms with van der Waals surface area (Å²) in [6, 6.07) is 5.39. The number of carbonyl (C=O) groups excluding carboxylic acids is 1. The van der Waals surface area contributed by atoms with Gasteiger partial charge in [0.2, 0.25) is 5.91 Å². The van der Waals surface area contributed by atoms with Crippen LogP contribution in [-0.4, -0.2) is 30.1 Å². The molecule has 0 aliphatic heterocycles. The van der Waals surface area contributed by atoms with Gasteiger partial charge in [0.1, 0.15) is 5.75 Å². The number of hydrogen-bond acceptors (Lipinski definition) is 3. The molecule has 1 fully saturated rings. The van der Waals surface area contributed by atoms with Gasteiger partial charge in [-0.25, -0.2) is 0 Å². The van der Waals surface area contributed by atoms with Gasteiger partial charge in [-0.2, -0.15) is 0 Å². The Bertz CT molecular complexity index is 546. The molecule has 6 heteroatoms. The Morgan fingerprint density at radius 3 is 2.81 bits per heavy atom. The van der Waals surface area contributed by atoms with Gasteiger partial charge in [0.05, 0.1) is 18.4 Å². The molecule has 1 aliphatic rings. The largest absolute Gasteiger partial charge is 0.494 e. The van der Waals surface area contributed by atoms with E-state index in [1.54, 1.807) is 6.07 Å². The van der Waals surface area contributed by atoms with Crippen molar-refractivity contribution in [2.75, 3.05) is 13.2 Å². The van der Waals surface area contributed by atoms with Gasteiger partial charge in [-0.15, -0.1) is 0 Å². The minimum atomic E-state index is -0.899. The van der Waals surface area contributed by atoms with Crippen LogP contribution in [0, 0.1) is 11.8 Å². The number of nitrogens with one attached hydrogen (secondary N) is 1. The number of carbonyl (C=O) groups is 2. The van der Waals surface area contributed by atoms with Gasteiger partial charge in [0.15, 0.2) is 0 Å². The molecule has 1 saturated carbocycles. The average molecular weight is 312 g/mol. The Hall–Kier alpha value is -1.75. The van der Waals surface area contributed by atoms with E-state index in [1.807, 2.05) is 19.1 Å². The Morgan fingerprint density at radius 2 is 2.19 bits per heavy atom. The summed E-state index contributed by atoms with van der Waals surface area (Å²) in [4.78, 5) is 22.5. The van der Waals surface area contributed by atoms with Crippen molar-refractivity contribution in [2.45, 2.75) is 19.8 Å². The second kappa shape index (κ2) is 6.80. The van der Waals surface area contributed by atoms with Crippen molar-refractivity contribution >= 4 is 23.5 Å². The lowest BCUT2D eigenvalue weighted by Gasteiger charge is -2.11. The van der Waals surface area contributed by atoms with Crippen molar-refractivity contribution in [2.24, 2.45) is 11.8 Å². The predicted octanol–water partition coefficient (Wildman–Crippen LogP) is 2.12. The molecule has 21 heavy (non-hydrogen) atoms. The Balaban J connectivity index is 1.85. The summed E-state index contributed by atoms with van der Waals surface area (Å²) in [5, 5.41) is 12.2. The van der Waals surface area contributed by atoms with Gasteiger partial charge in [-0.3, -0.25) is 9.59 Å². The molecule has 2 unspecified atom stereocenters. The first-order valence-electron chi connectivity index (χ1n) is 6.94. The standard InChI is InChI=1S/C15H18ClNO4/c1-2-21-13-4-3-10(16)7-9(13)5-6-17-14(18)11-8-12(11)15(19)20/h3-4,7,11-12H,2,5-6,8H2,1H3,(H,17,18)(H,19,20). The minimum absolute atomic E-state index is 0.192. The fraction of sp³-hybridized carbons (Fsp3) is 0.467. The molecule has 2 N–H and O–H groups in total. The average Bonchev–Trinajstić information content (AvgIpc) is 3.22. The highest BCUT2D eigenvalue weighted by atomic mass is 35.5. The molecule has 0 spiro atoms. The summed E-state index contributed by atoms with van der Waals surface area (Å²) in [6.45, 7) is 2.89. The molecule has 1 amide bonds. The highest BCUT2D eigenvalue weighted by Gasteiger charge is 2.48. The van der Waals surface area contributed by atoms with Crippen LogP contribution in [0.2, 0.25) is 5.02 Å². The van der Waals surface area contributed by atoms with Crippen LogP contribution < -0.4 is 10.1 Å². The number of rotatable bonds is 7. The van der Waals surface area contributed by atoms with Crippen LogP contribution in [0.4, 0.5) is 0 Å². The number of ether oxygens (including phenoxy) is 1. The fourth-order valence-electron chi connectivity index (χ4n) is 2.25. The Morgan fingerprint density at radius 1 is 1.43 bits per heavy atom. The number of carboxylic acid groups (broad SMARTS) is 1. The van der Waals surface area contributed by atoms with Gasteiger partial charge in [0.25, 0.3) is 0 Å². The molecule has 0 heterocycles. The summed E-state index contributed by atoms with van der Waals surface area (Å²) in [5.41, 5.74) is 0.926. The van der Waals surface area contributed by atoms with E-state index in [2.05, 4.69) is 5.32 Å². The van der Waals surface area contributed by atoms with E-state index in [-0.39, 0.29) is 11.8 Å². The lowest BCUT2D eigenvalue weighted by atomic mass is 10.1. The quantitative estimate of drug-likeness (QED) is 0.808. The van der Waals surface area contributed by atoms with Crippen LogP contribution in [0.5, 0.6) is 5.75 Å². The third-order valence-corrected chi connectivity index (χ3v) is 3.70. The van der Waals surface area contributed by atoms with Crippen LogP contribution in [0.15, 0.2) is 18.2 Å². The number of halogens is 1. The number of benzene rings is 1. The fourth-order valence-corrected chi connectivity index (χ4v) is 2.44. The molecule has 0 saturated heterocycles. The van der Waals surface area contributed by atoms with Crippen LogP contribution in [0.1, 0.15) is 18.9 Å². The van der Waals surface area contributed by atoms with E-state index in [0.29, 0.717) is 31.0 Å². The normalized spacial score (nSPS) is 19.9. The molecular weight excluding hydrogens is 294 g/mol. The first kappa shape index (κ1) is 15.6. The minimum Gasteiger partial charge on any atom is -0.494 e. The highest BCUT2D eigenvalue weighted by Crippen LogP contribution is 2.38. The molecular formula is C15H18ClNO4. The van der Waals surface area contributed by atoms with Crippen LogP contribution in [0.3, 0.4) is 0 Å². The molecule has 5 nitrogen and oxygen atoms in total. The number of aliphatic carboxylic acids is 1. The molecule has 1 aromatic rings. The maximum absolute atomic E-state index is 11.8. The van der Waals surface area contributed by atoms with Crippen LogP contribution in [0.25, 0.3) is 0 Å². The van der Waals surface area contributed by atoms with Crippen LogP contribution in [-0.2, 0) is 16.0 Å². The SMILES string of the molecule is CCOc1ccc(Cl)cc1CCNC(=O)C1CC1C(=O)O. The van der Waals surface area contributed by atoms with Crippen molar-refractivity contribution in [3.05, 3.63) is 28.8 Å². The van der Waals surface area contributed by atoms with Gasteiger partial charge in [-0.1, -0.05) is 11.6 Å². The second-order valence-electron chi connectivity index (χ2n) is 5.01. The van der Waals surface area contributed by atoms with Crippen molar-refractivity contribution in [1.29, 1.82) is 0 Å². The van der Waals surface area contributed by atoms with E-state index in [4.69, 9.17) is 21.4 Å². The molecule has 0 aromatic heterocycles. The molecule has 2 rings (SSSR count). The molecule has 1 aromatic carbocycles. The van der Waals surface area contributed by atoms with Gasteiger partial charge in [-0.05, 0) is 43.5 Å². The molecule has 0 bridgehead atoms. The first-order valence-corrected chi connectivity index (χ1v) is 7.32. The molecule has 2 atom stereocenters. The number of carboxylic acids is 1. The van der Waals surface area contributed by atoms with Crippen molar-refractivity contribution in [3.63, 3.8) is 0 Å². The number of amides is 1. The monoisotopic (exact) mass is 311 g/mol. The summed E-state index contributed by atoms with van der Waals surface area (Å²) < 4.78 is 5.51. The van der Waals surface area contributed by atoms with E-state index >= 15 is 0 Å². The van der Waals surface area contributed by atoms with Crippen molar-refractivity contribution in [1.82, 2.24) is 5.32 Å². The van der Waals surface area contributed by atoms with Gasteiger partial charge >= 0.3 is 5.97 Å². The smallest absolute Gasteiger partial charge is 0.307 e. The maximum Gasteiger partial charge on any atom is 0.307 e. The summed E-state index contributed by atoms with van der Waals surface area (Å²) in [5.74, 6) is -1.24. The Kier molecular flexibility index (Phi) is 5.07. The van der Waals surface area contributed by atoms with E-state index in [0.717, 1.165) is 11.3 Å². The number of hydrogen-bond donors (Lipinski definition) is 2. The summed E-state index contributed by atoms with van der Waals surface area (Å²) in [7, 11) is 0. The summed E-state index contributed by atoms with van der Waals surface area (Å²) in [6.07, 6.45) is 1.02. The van der Waals surface area contributed by atoms with Crippen molar-refractivity contribution in [3.8, 4) is 5.75 Å². The summed E-state index contributed by atoms with van der Waals surface area (Å²) >= 11 is 5.96. The van der Waals surface area contributed by atoms with E-state index in [9.17, 15) is 9.59 Å². The van der Waals surface area contributed by atoms with Crippen molar-refractivity contribution < 1.29 is 19.4 Å². The molecule has 1 aliphatic carbocycles. The topological polar surface area (TPSA) is 75.6 Å². The van der Waals surface area contributed by atoms with E-state index < -0.39 is 11.9 Å². The lowest BCUT2D eigenvalue weighted by Crippen LogP contribution is -2.28. The first-order chi connectivity index (χ1) is 10.0. The third-order valence-electron chi connectivity index (χ3n) is 3.46. The van der Waals surface area contributed by atoms with Crippen LogP contribution >= 0.6 is 11.6 Å². The van der Waals surface area contributed by atoms with Gasteiger partial charge in [0, 0.05) is 11.6 Å². The molecule has 0 radical (unpaired) electrons. The lowest BCUT2D eigenvalue weighted by molar-refractivity contribution is -0.140. The Labute approximate surface area is 128 Å². The zero-order valence-corrected chi connectivity index (χ0v) is 12.5. The van der Waals surface area contributed by atoms with Gasteiger partial charge < -0.3 is 15.2 Å². The maximum atomic E-state index is 11.8. The zero-order valence-electron chi connectivity index (χ0n) is 11.8. The third kappa shape index (κ3) is 4.11. The molecule has 114 valence electrons. The highest BCUT2D eigenvalue weighted by molar-refractivity contribution is 6.30. The second-order valence-corrected chi connectivity index (χ2v) is 5.45. The predicted molar refractivity (Wildman–Crippen MR) is 78.6 cm³/mol. The zero-order chi connectivity index (χ0) is 15.4. The van der Waals surface area contributed by atoms with E-state index in [1.165, 1.54) is 0 Å².